The van der Waals surface area contributed by atoms with Crippen LogP contribution < -0.4 is 4.74 Å². The van der Waals surface area contributed by atoms with E-state index in [0.29, 0.717) is 13.2 Å². The molecule has 1 fully saturated rings. The molecule has 0 aromatic heterocycles. The second kappa shape index (κ2) is 7.85. The third kappa shape index (κ3) is 5.47. The molecule has 136 valence electrons. The lowest BCUT2D eigenvalue weighted by Gasteiger charge is -2.36. The van der Waals surface area contributed by atoms with Gasteiger partial charge in [0.25, 0.3) is 0 Å². The molecule has 3 atom stereocenters. The fourth-order valence-electron chi connectivity index (χ4n) is 3.33. The summed E-state index contributed by atoms with van der Waals surface area (Å²) in [5.74, 6) is 0.871. The molecule has 0 saturated carbocycles. The minimum atomic E-state index is -0.503. The molecule has 1 saturated heterocycles. The van der Waals surface area contributed by atoms with Crippen molar-refractivity contribution in [1.82, 2.24) is 4.90 Å². The molecule has 24 heavy (non-hydrogen) atoms. The predicted molar refractivity (Wildman–Crippen MR) is 97.8 cm³/mol. The highest BCUT2D eigenvalue weighted by Crippen LogP contribution is 2.32. The lowest BCUT2D eigenvalue weighted by molar-refractivity contribution is -0.0787. The number of hydrogen-bond acceptors (Lipinski definition) is 4. The third-order valence-corrected chi connectivity index (χ3v) is 4.34. The summed E-state index contributed by atoms with van der Waals surface area (Å²) in [6, 6.07) is 6.25. The minimum Gasteiger partial charge on any atom is -0.491 e. The van der Waals surface area contributed by atoms with Gasteiger partial charge in [-0.25, -0.2) is 0 Å². The molecule has 4 nitrogen and oxygen atoms in total. The summed E-state index contributed by atoms with van der Waals surface area (Å²) in [5.41, 5.74) is 2.42. The standard InChI is InChI=1S/C20H33NO3/c1-14-7-8-19(18(9-14)20(4,5)6)23-13-17(22)12-21-10-15(2)24-16(3)11-21/h7-9,15-17,22H,10-13H2,1-6H3/t15-,16-,17+/m0/s1. The average molecular weight is 335 g/mol. The summed E-state index contributed by atoms with van der Waals surface area (Å²) >= 11 is 0. The van der Waals surface area contributed by atoms with Gasteiger partial charge in [-0.2, -0.15) is 0 Å². The van der Waals surface area contributed by atoms with E-state index in [4.69, 9.17) is 9.47 Å². The van der Waals surface area contributed by atoms with E-state index in [-0.39, 0.29) is 17.6 Å². The number of ether oxygens (including phenoxy) is 2. The normalized spacial score (nSPS) is 24.0. The zero-order valence-corrected chi connectivity index (χ0v) is 16.0. The van der Waals surface area contributed by atoms with Crippen molar-refractivity contribution in [2.24, 2.45) is 0 Å². The number of benzene rings is 1. The van der Waals surface area contributed by atoms with Gasteiger partial charge in [-0.15, -0.1) is 0 Å². The Morgan fingerprint density at radius 2 is 1.88 bits per heavy atom. The molecule has 1 aromatic rings. The highest BCUT2D eigenvalue weighted by molar-refractivity contribution is 5.41. The van der Waals surface area contributed by atoms with E-state index in [1.54, 1.807) is 0 Å². The van der Waals surface area contributed by atoms with Crippen molar-refractivity contribution >= 4 is 0 Å². The molecule has 0 aliphatic carbocycles. The highest BCUT2D eigenvalue weighted by atomic mass is 16.5. The van der Waals surface area contributed by atoms with Crippen molar-refractivity contribution < 1.29 is 14.6 Å². The van der Waals surface area contributed by atoms with Gasteiger partial charge in [0, 0.05) is 19.6 Å². The van der Waals surface area contributed by atoms with Crippen LogP contribution in [0.1, 0.15) is 45.7 Å². The first kappa shape index (κ1) is 19.2. The number of aryl methyl sites for hydroxylation is 1. The number of aliphatic hydroxyl groups excluding tert-OH is 1. The van der Waals surface area contributed by atoms with E-state index < -0.39 is 6.10 Å². The van der Waals surface area contributed by atoms with Crippen LogP contribution in [0.2, 0.25) is 0 Å². The van der Waals surface area contributed by atoms with E-state index >= 15 is 0 Å². The number of nitrogens with zero attached hydrogens (tertiary/aromatic N) is 1. The first-order valence-electron chi connectivity index (χ1n) is 8.95. The van der Waals surface area contributed by atoms with E-state index in [1.807, 2.05) is 6.07 Å². The van der Waals surface area contributed by atoms with E-state index in [9.17, 15) is 5.11 Å². The van der Waals surface area contributed by atoms with Crippen LogP contribution in [0.4, 0.5) is 0 Å². The summed E-state index contributed by atoms with van der Waals surface area (Å²) in [6.45, 7) is 15.4. The summed E-state index contributed by atoms with van der Waals surface area (Å²) in [6.07, 6.45) is -0.0745. The Balaban J connectivity index is 1.93. The van der Waals surface area contributed by atoms with Crippen LogP contribution >= 0.6 is 0 Å². The van der Waals surface area contributed by atoms with Gasteiger partial charge in [-0.1, -0.05) is 38.5 Å². The minimum absolute atomic E-state index is 0.0153. The van der Waals surface area contributed by atoms with Crippen molar-refractivity contribution in [3.05, 3.63) is 29.3 Å². The number of β-amino-alcohol motifs (C(OH)–C–C–N with tert-alkyl or cyclic N) is 1. The van der Waals surface area contributed by atoms with Crippen LogP contribution in [0.15, 0.2) is 18.2 Å². The molecule has 0 amide bonds. The van der Waals surface area contributed by atoms with Gasteiger partial charge < -0.3 is 14.6 Å². The predicted octanol–water partition coefficient (Wildman–Crippen LogP) is 3.14. The Morgan fingerprint density at radius 1 is 1.25 bits per heavy atom. The Labute approximate surface area is 146 Å². The fraction of sp³-hybridized carbons (Fsp3) is 0.700. The van der Waals surface area contributed by atoms with Gasteiger partial charge in [-0.05, 0) is 37.8 Å². The van der Waals surface area contributed by atoms with Crippen LogP contribution in [-0.4, -0.2) is 54.6 Å². The molecule has 0 unspecified atom stereocenters. The van der Waals surface area contributed by atoms with Crippen molar-refractivity contribution in [2.75, 3.05) is 26.2 Å². The number of hydrogen-bond donors (Lipinski definition) is 1. The Bertz CT molecular complexity index is 528. The molecule has 2 rings (SSSR count). The van der Waals surface area contributed by atoms with Crippen LogP contribution in [0.3, 0.4) is 0 Å². The average Bonchev–Trinajstić information content (AvgIpc) is 2.43. The third-order valence-electron chi connectivity index (χ3n) is 4.34. The molecule has 1 aliphatic heterocycles. The molecule has 4 heteroatoms. The maximum Gasteiger partial charge on any atom is 0.123 e. The van der Waals surface area contributed by atoms with E-state index in [2.05, 4.69) is 58.6 Å². The van der Waals surface area contributed by atoms with Gasteiger partial charge in [0.2, 0.25) is 0 Å². The number of aliphatic hydroxyl groups is 1. The molecule has 1 heterocycles. The summed E-state index contributed by atoms with van der Waals surface area (Å²) < 4.78 is 11.7. The van der Waals surface area contributed by atoms with Crippen LogP contribution in [0, 0.1) is 6.92 Å². The second-order valence-electron chi connectivity index (χ2n) is 8.19. The maximum atomic E-state index is 10.4. The van der Waals surface area contributed by atoms with Crippen molar-refractivity contribution in [3.63, 3.8) is 0 Å². The summed E-state index contributed by atoms with van der Waals surface area (Å²) in [4.78, 5) is 2.26. The lowest BCUT2D eigenvalue weighted by Crippen LogP contribution is -2.48. The zero-order chi connectivity index (χ0) is 17.9. The van der Waals surface area contributed by atoms with Gasteiger partial charge in [0.15, 0.2) is 0 Å². The smallest absolute Gasteiger partial charge is 0.123 e. The second-order valence-corrected chi connectivity index (χ2v) is 8.19. The monoisotopic (exact) mass is 335 g/mol. The molecular weight excluding hydrogens is 302 g/mol. The topological polar surface area (TPSA) is 41.9 Å². The number of morpholine rings is 1. The van der Waals surface area contributed by atoms with Crippen molar-refractivity contribution in [1.29, 1.82) is 0 Å². The largest absolute Gasteiger partial charge is 0.491 e. The number of rotatable bonds is 5. The Morgan fingerprint density at radius 3 is 2.46 bits per heavy atom. The van der Waals surface area contributed by atoms with Crippen LogP contribution in [-0.2, 0) is 10.2 Å². The maximum absolute atomic E-state index is 10.4. The van der Waals surface area contributed by atoms with E-state index in [0.717, 1.165) is 18.8 Å². The first-order chi connectivity index (χ1) is 11.1. The van der Waals surface area contributed by atoms with Crippen LogP contribution in [0.5, 0.6) is 5.75 Å². The highest BCUT2D eigenvalue weighted by Gasteiger charge is 2.24. The van der Waals surface area contributed by atoms with E-state index in [1.165, 1.54) is 11.1 Å². The fourth-order valence-corrected chi connectivity index (χ4v) is 3.33. The molecule has 1 N–H and O–H groups in total. The van der Waals surface area contributed by atoms with Crippen molar-refractivity contribution in [3.8, 4) is 5.75 Å². The molecular formula is C20H33NO3. The summed E-state index contributed by atoms with van der Waals surface area (Å²) in [7, 11) is 0. The van der Waals surface area contributed by atoms with Gasteiger partial charge >= 0.3 is 0 Å². The molecule has 0 radical (unpaired) electrons. The molecule has 0 bridgehead atoms. The Hall–Kier alpha value is -1.10. The summed E-state index contributed by atoms with van der Waals surface area (Å²) in [5, 5.41) is 10.4. The molecule has 1 aromatic carbocycles. The molecule has 0 spiro atoms. The quantitative estimate of drug-likeness (QED) is 0.898. The van der Waals surface area contributed by atoms with Gasteiger partial charge in [0.05, 0.1) is 12.2 Å². The first-order valence-corrected chi connectivity index (χ1v) is 8.95. The molecule has 1 aliphatic rings. The SMILES string of the molecule is Cc1ccc(OC[C@H](O)CN2C[C@H](C)O[C@@H](C)C2)c(C(C)(C)C)c1. The van der Waals surface area contributed by atoms with Gasteiger partial charge in [-0.3, -0.25) is 4.90 Å². The lowest BCUT2D eigenvalue weighted by atomic mass is 9.85. The van der Waals surface area contributed by atoms with Crippen LogP contribution in [0.25, 0.3) is 0 Å². The van der Waals surface area contributed by atoms with Gasteiger partial charge in [0.1, 0.15) is 18.5 Å². The zero-order valence-electron chi connectivity index (χ0n) is 16.0. The Kier molecular flexibility index (Phi) is 6.29. The van der Waals surface area contributed by atoms with Crippen molar-refractivity contribution in [2.45, 2.75) is 65.3 Å².